The monoisotopic (exact) mass is 376 g/mol. The number of halogens is 1. The van der Waals surface area contributed by atoms with Gasteiger partial charge < -0.3 is 10.6 Å². The summed E-state index contributed by atoms with van der Waals surface area (Å²) in [5, 5.41) is 0. The maximum atomic E-state index is 12.4. The Morgan fingerprint density at radius 1 is 1.38 bits per heavy atom. The van der Waals surface area contributed by atoms with E-state index in [0.717, 1.165) is 19.6 Å². The molecule has 1 saturated heterocycles. The minimum Gasteiger partial charge on any atom is -0.399 e. The molecule has 8 heteroatoms. The first-order chi connectivity index (χ1) is 9.79. The van der Waals surface area contributed by atoms with Gasteiger partial charge in [0.25, 0.3) is 0 Å². The summed E-state index contributed by atoms with van der Waals surface area (Å²) < 4.78 is 27.9. The number of hydrogen-bond donors (Lipinski definition) is 2. The largest absolute Gasteiger partial charge is 0.399 e. The van der Waals surface area contributed by atoms with Crippen molar-refractivity contribution < 1.29 is 8.42 Å². The molecular formula is C13H21BrN4O2S. The lowest BCUT2D eigenvalue weighted by Gasteiger charge is -2.37. The van der Waals surface area contributed by atoms with Crippen molar-refractivity contribution in [1.82, 2.24) is 14.5 Å². The van der Waals surface area contributed by atoms with E-state index in [1.165, 1.54) is 6.07 Å². The summed E-state index contributed by atoms with van der Waals surface area (Å²) in [5.41, 5.74) is 6.16. The van der Waals surface area contributed by atoms with Gasteiger partial charge in [-0.05, 0) is 48.2 Å². The van der Waals surface area contributed by atoms with Crippen LogP contribution in [0.4, 0.5) is 5.69 Å². The minimum absolute atomic E-state index is 0.172. The molecule has 1 aliphatic rings. The zero-order chi connectivity index (χ0) is 15.6. The van der Waals surface area contributed by atoms with Crippen LogP contribution in [0.1, 0.15) is 0 Å². The molecule has 6 nitrogen and oxygen atoms in total. The molecule has 0 aliphatic carbocycles. The van der Waals surface area contributed by atoms with E-state index in [9.17, 15) is 8.42 Å². The third kappa shape index (κ3) is 4.17. The van der Waals surface area contributed by atoms with Crippen molar-refractivity contribution in [1.29, 1.82) is 0 Å². The fraction of sp³-hybridized carbons (Fsp3) is 0.538. The van der Waals surface area contributed by atoms with Crippen LogP contribution in [-0.2, 0) is 10.0 Å². The molecular weight excluding hydrogens is 356 g/mol. The average Bonchev–Trinajstić information content (AvgIpc) is 2.39. The van der Waals surface area contributed by atoms with E-state index >= 15 is 0 Å². The molecule has 0 saturated carbocycles. The van der Waals surface area contributed by atoms with Crippen LogP contribution in [0.3, 0.4) is 0 Å². The van der Waals surface area contributed by atoms with Crippen LogP contribution < -0.4 is 10.5 Å². The van der Waals surface area contributed by atoms with Crippen molar-refractivity contribution in [2.45, 2.75) is 10.9 Å². The van der Waals surface area contributed by atoms with Gasteiger partial charge in [-0.2, -0.15) is 0 Å². The third-order valence-electron chi connectivity index (χ3n) is 3.73. The second-order valence-corrected chi connectivity index (χ2v) is 8.03. The molecule has 1 unspecified atom stereocenters. The Balaban J connectivity index is 2.07. The maximum Gasteiger partial charge on any atom is 0.241 e. The highest BCUT2D eigenvalue weighted by Crippen LogP contribution is 2.24. The van der Waals surface area contributed by atoms with E-state index < -0.39 is 10.0 Å². The first-order valence-corrected chi connectivity index (χ1v) is 9.00. The van der Waals surface area contributed by atoms with Gasteiger partial charge in [0.1, 0.15) is 0 Å². The minimum atomic E-state index is -3.55. The molecule has 1 heterocycles. The number of piperazine rings is 1. The SMILES string of the molecule is CN1CCN(C)C(CNS(=O)(=O)c2ccc(N)cc2Br)C1. The van der Waals surface area contributed by atoms with Gasteiger partial charge in [-0.1, -0.05) is 0 Å². The smallest absolute Gasteiger partial charge is 0.241 e. The average molecular weight is 377 g/mol. The first kappa shape index (κ1) is 16.7. The van der Waals surface area contributed by atoms with Gasteiger partial charge in [0.2, 0.25) is 10.0 Å². The molecule has 0 bridgehead atoms. The van der Waals surface area contributed by atoms with Gasteiger partial charge in [0.05, 0.1) is 4.90 Å². The Morgan fingerprint density at radius 2 is 2.10 bits per heavy atom. The van der Waals surface area contributed by atoms with Gasteiger partial charge >= 0.3 is 0 Å². The van der Waals surface area contributed by atoms with Crippen LogP contribution in [0.5, 0.6) is 0 Å². The number of sulfonamides is 1. The second kappa shape index (κ2) is 6.62. The highest BCUT2D eigenvalue weighted by atomic mass is 79.9. The summed E-state index contributed by atoms with van der Waals surface area (Å²) >= 11 is 3.25. The Hall–Kier alpha value is -0.670. The molecule has 0 amide bonds. The van der Waals surface area contributed by atoms with Crippen LogP contribution in [0.2, 0.25) is 0 Å². The van der Waals surface area contributed by atoms with Crippen molar-refractivity contribution >= 4 is 31.6 Å². The van der Waals surface area contributed by atoms with E-state index in [2.05, 4.69) is 30.5 Å². The van der Waals surface area contributed by atoms with Gasteiger partial charge in [-0.25, -0.2) is 13.1 Å². The number of rotatable bonds is 4. The fourth-order valence-corrected chi connectivity index (χ4v) is 4.51. The van der Waals surface area contributed by atoms with Crippen molar-refractivity contribution in [2.75, 3.05) is 46.0 Å². The molecule has 21 heavy (non-hydrogen) atoms. The van der Waals surface area contributed by atoms with E-state index in [1.807, 2.05) is 14.1 Å². The molecule has 0 spiro atoms. The molecule has 3 N–H and O–H groups in total. The fourth-order valence-electron chi connectivity index (χ4n) is 2.34. The van der Waals surface area contributed by atoms with Gasteiger partial charge in [-0.3, -0.25) is 4.90 Å². The van der Waals surface area contributed by atoms with Gasteiger partial charge in [0.15, 0.2) is 0 Å². The summed E-state index contributed by atoms with van der Waals surface area (Å²) in [5.74, 6) is 0. The second-order valence-electron chi connectivity index (χ2n) is 5.44. The standard InChI is InChI=1S/C13H21BrN4O2S/c1-17-5-6-18(2)11(9-17)8-16-21(19,20)13-4-3-10(15)7-12(13)14/h3-4,7,11,16H,5-6,8-9,15H2,1-2H3. The Kier molecular flexibility index (Phi) is 5.26. The topological polar surface area (TPSA) is 78.7 Å². The normalized spacial score (nSPS) is 21.6. The third-order valence-corrected chi connectivity index (χ3v) is 6.13. The lowest BCUT2D eigenvalue weighted by Crippen LogP contribution is -2.54. The molecule has 0 aromatic heterocycles. The summed E-state index contributed by atoms with van der Waals surface area (Å²) in [4.78, 5) is 4.60. The van der Waals surface area contributed by atoms with Crippen LogP contribution in [0.25, 0.3) is 0 Å². The van der Waals surface area contributed by atoms with Crippen LogP contribution in [0.15, 0.2) is 27.6 Å². The van der Waals surface area contributed by atoms with Crippen molar-refractivity contribution in [2.24, 2.45) is 0 Å². The molecule has 2 rings (SSSR count). The Bertz CT molecular complexity index is 608. The van der Waals surface area contributed by atoms with E-state index in [0.29, 0.717) is 16.7 Å². The molecule has 1 aromatic carbocycles. The van der Waals surface area contributed by atoms with Gasteiger partial charge in [-0.15, -0.1) is 0 Å². The predicted molar refractivity (Wildman–Crippen MR) is 87.7 cm³/mol. The number of likely N-dealkylation sites (N-methyl/N-ethyl adjacent to an activating group) is 2. The van der Waals surface area contributed by atoms with Crippen molar-refractivity contribution in [3.63, 3.8) is 0 Å². The number of benzene rings is 1. The summed E-state index contributed by atoms with van der Waals surface area (Å²) in [6.45, 7) is 3.18. The van der Waals surface area contributed by atoms with Crippen molar-refractivity contribution in [3.05, 3.63) is 22.7 Å². The lowest BCUT2D eigenvalue weighted by atomic mass is 10.2. The van der Waals surface area contributed by atoms with Crippen LogP contribution in [-0.4, -0.2) is 64.5 Å². The van der Waals surface area contributed by atoms with Gasteiger partial charge in [0, 0.05) is 42.4 Å². The number of nitrogen functional groups attached to an aromatic ring is 1. The molecule has 1 atom stereocenters. The summed E-state index contributed by atoms with van der Waals surface area (Å²) in [6.07, 6.45) is 0. The van der Waals surface area contributed by atoms with Crippen LogP contribution in [0, 0.1) is 0 Å². The summed E-state index contributed by atoms with van der Waals surface area (Å²) in [7, 11) is 0.520. The highest BCUT2D eigenvalue weighted by molar-refractivity contribution is 9.10. The molecule has 1 aliphatic heterocycles. The van der Waals surface area contributed by atoms with Crippen LogP contribution >= 0.6 is 15.9 Å². The lowest BCUT2D eigenvalue weighted by molar-refractivity contribution is 0.117. The number of nitrogens with zero attached hydrogens (tertiary/aromatic N) is 2. The molecule has 1 fully saturated rings. The number of anilines is 1. The first-order valence-electron chi connectivity index (χ1n) is 6.73. The van der Waals surface area contributed by atoms with E-state index in [4.69, 9.17) is 5.73 Å². The number of nitrogens with one attached hydrogen (secondary N) is 1. The zero-order valence-corrected chi connectivity index (χ0v) is 14.6. The number of hydrogen-bond acceptors (Lipinski definition) is 5. The zero-order valence-electron chi connectivity index (χ0n) is 12.2. The maximum absolute atomic E-state index is 12.4. The van der Waals surface area contributed by atoms with E-state index in [1.54, 1.807) is 12.1 Å². The quantitative estimate of drug-likeness (QED) is 0.750. The van der Waals surface area contributed by atoms with Crippen molar-refractivity contribution in [3.8, 4) is 0 Å². The Labute approximate surface area is 134 Å². The summed E-state index contributed by atoms with van der Waals surface area (Å²) in [6, 6.07) is 4.86. The highest BCUT2D eigenvalue weighted by Gasteiger charge is 2.25. The molecule has 118 valence electrons. The molecule has 0 radical (unpaired) electrons. The van der Waals surface area contributed by atoms with E-state index in [-0.39, 0.29) is 10.9 Å². The Morgan fingerprint density at radius 3 is 2.76 bits per heavy atom. The number of nitrogens with two attached hydrogens (primary N) is 1. The predicted octanol–water partition coefficient (Wildman–Crippen LogP) is 0.555. The molecule has 1 aromatic rings.